The summed E-state index contributed by atoms with van der Waals surface area (Å²) in [6, 6.07) is 12.1. The van der Waals surface area contributed by atoms with Crippen molar-refractivity contribution in [2.24, 2.45) is 0 Å². The lowest BCUT2D eigenvalue weighted by molar-refractivity contribution is 0.0898. The smallest absolute Gasteiger partial charge is 0.121 e. The quantitative estimate of drug-likeness (QED) is 0.749. The van der Waals surface area contributed by atoms with Gasteiger partial charge in [-0.1, -0.05) is 30.3 Å². The fraction of sp³-hybridized carbons (Fsp3) is 0.500. The maximum atomic E-state index is 9.74. The predicted molar refractivity (Wildman–Crippen MR) is 90.3 cm³/mol. The van der Waals surface area contributed by atoms with Crippen LogP contribution in [-0.4, -0.2) is 51.2 Å². The van der Waals surface area contributed by atoms with E-state index < -0.39 is 6.10 Å². The molecular formula is C18H25N3O3. The van der Waals surface area contributed by atoms with E-state index in [-0.39, 0.29) is 6.61 Å². The molecule has 0 spiro atoms. The molecule has 0 aliphatic carbocycles. The number of hydrogen-bond donors (Lipinski definition) is 2. The van der Waals surface area contributed by atoms with Crippen LogP contribution in [0.3, 0.4) is 0 Å². The summed E-state index contributed by atoms with van der Waals surface area (Å²) in [5.41, 5.74) is 2.82. The Morgan fingerprint density at radius 1 is 1.21 bits per heavy atom. The van der Waals surface area contributed by atoms with Crippen molar-refractivity contribution < 1.29 is 14.9 Å². The first-order valence-corrected chi connectivity index (χ1v) is 8.46. The summed E-state index contributed by atoms with van der Waals surface area (Å²) in [7, 11) is 0. The normalized spacial score (nSPS) is 16.6. The highest BCUT2D eigenvalue weighted by molar-refractivity contribution is 5.14. The Bertz CT molecular complexity index is 630. The van der Waals surface area contributed by atoms with Gasteiger partial charge in [-0.15, -0.1) is 0 Å². The van der Waals surface area contributed by atoms with Crippen molar-refractivity contribution in [2.45, 2.75) is 32.2 Å². The van der Waals surface area contributed by atoms with Crippen LogP contribution in [0.1, 0.15) is 29.5 Å². The van der Waals surface area contributed by atoms with Crippen molar-refractivity contribution in [2.75, 3.05) is 26.3 Å². The first-order valence-electron chi connectivity index (χ1n) is 8.46. The van der Waals surface area contributed by atoms with Gasteiger partial charge in [0.05, 0.1) is 31.2 Å². The molecule has 1 aromatic carbocycles. The zero-order chi connectivity index (χ0) is 16.8. The van der Waals surface area contributed by atoms with Crippen LogP contribution in [0.25, 0.3) is 0 Å². The highest BCUT2D eigenvalue weighted by Crippen LogP contribution is 2.17. The average molecular weight is 331 g/mol. The standard InChI is InChI=1S/C18H25N3O3/c22-13-18(23)17-11-16-12-20(7-4-8-21(16)19-17)9-10-24-14-15-5-2-1-3-6-15/h1-3,5-6,11,18,22-23H,4,7-10,12-14H2. The van der Waals surface area contributed by atoms with Gasteiger partial charge in [0.15, 0.2) is 0 Å². The molecule has 1 unspecified atom stereocenters. The van der Waals surface area contributed by atoms with Crippen molar-refractivity contribution in [3.05, 3.63) is 53.3 Å². The Morgan fingerprint density at radius 2 is 2.04 bits per heavy atom. The minimum atomic E-state index is -0.896. The van der Waals surface area contributed by atoms with Crippen LogP contribution in [0, 0.1) is 0 Å². The third-order valence-electron chi connectivity index (χ3n) is 4.29. The molecule has 6 heteroatoms. The number of rotatable bonds is 7. The average Bonchev–Trinajstić information content (AvgIpc) is 2.92. The van der Waals surface area contributed by atoms with E-state index in [0.29, 0.717) is 18.9 Å². The first-order chi connectivity index (χ1) is 11.8. The molecular weight excluding hydrogens is 306 g/mol. The number of hydrogen-bond acceptors (Lipinski definition) is 5. The summed E-state index contributed by atoms with van der Waals surface area (Å²) in [6.07, 6.45) is 0.120. The van der Waals surface area contributed by atoms with Crippen molar-refractivity contribution in [1.29, 1.82) is 0 Å². The highest BCUT2D eigenvalue weighted by atomic mass is 16.5. The topological polar surface area (TPSA) is 70.8 Å². The molecule has 1 aromatic heterocycles. The summed E-state index contributed by atoms with van der Waals surface area (Å²) in [6.45, 7) is 4.54. The van der Waals surface area contributed by atoms with Crippen LogP contribution in [0.4, 0.5) is 0 Å². The van der Waals surface area contributed by atoms with Crippen LogP contribution in [0.5, 0.6) is 0 Å². The Hall–Kier alpha value is -1.73. The molecule has 1 aliphatic heterocycles. The molecule has 0 amide bonds. The predicted octanol–water partition coefficient (Wildman–Crippen LogP) is 1.33. The first kappa shape index (κ1) is 17.1. The zero-order valence-corrected chi connectivity index (χ0v) is 13.8. The Morgan fingerprint density at radius 3 is 2.83 bits per heavy atom. The fourth-order valence-corrected chi connectivity index (χ4v) is 2.96. The second kappa shape index (κ2) is 8.39. The van der Waals surface area contributed by atoms with Crippen LogP contribution >= 0.6 is 0 Å². The van der Waals surface area contributed by atoms with Crippen LogP contribution in [0.15, 0.2) is 36.4 Å². The van der Waals surface area contributed by atoms with E-state index >= 15 is 0 Å². The van der Waals surface area contributed by atoms with E-state index in [4.69, 9.17) is 9.84 Å². The summed E-state index contributed by atoms with van der Waals surface area (Å²) >= 11 is 0. The maximum Gasteiger partial charge on any atom is 0.121 e. The second-order valence-electron chi connectivity index (χ2n) is 6.15. The van der Waals surface area contributed by atoms with Crippen LogP contribution in [0.2, 0.25) is 0 Å². The third kappa shape index (κ3) is 4.42. The van der Waals surface area contributed by atoms with Gasteiger partial charge in [-0.2, -0.15) is 5.10 Å². The number of aliphatic hydroxyl groups excluding tert-OH is 2. The summed E-state index contributed by atoms with van der Waals surface area (Å²) in [5, 5.41) is 23.2. The lowest BCUT2D eigenvalue weighted by Crippen LogP contribution is -2.27. The van der Waals surface area contributed by atoms with E-state index in [9.17, 15) is 5.11 Å². The van der Waals surface area contributed by atoms with Crippen molar-refractivity contribution in [3.8, 4) is 0 Å². The molecule has 1 atom stereocenters. The summed E-state index contributed by atoms with van der Waals surface area (Å²) in [5.74, 6) is 0. The van der Waals surface area contributed by atoms with Crippen molar-refractivity contribution in [3.63, 3.8) is 0 Å². The van der Waals surface area contributed by atoms with Gasteiger partial charge in [0.25, 0.3) is 0 Å². The van der Waals surface area contributed by atoms with Gasteiger partial charge in [0.2, 0.25) is 0 Å². The van der Waals surface area contributed by atoms with Gasteiger partial charge < -0.3 is 14.9 Å². The second-order valence-corrected chi connectivity index (χ2v) is 6.15. The minimum absolute atomic E-state index is 0.298. The zero-order valence-electron chi connectivity index (χ0n) is 13.8. The monoisotopic (exact) mass is 331 g/mol. The highest BCUT2D eigenvalue weighted by Gasteiger charge is 2.19. The van der Waals surface area contributed by atoms with E-state index in [0.717, 1.165) is 38.3 Å². The molecule has 2 heterocycles. The van der Waals surface area contributed by atoms with Gasteiger partial charge in [0.1, 0.15) is 6.10 Å². The molecule has 3 rings (SSSR count). The number of fused-ring (bicyclic) bond motifs is 1. The lowest BCUT2D eigenvalue weighted by atomic mass is 10.2. The molecule has 6 nitrogen and oxygen atoms in total. The molecule has 0 fully saturated rings. The van der Waals surface area contributed by atoms with Gasteiger partial charge in [-0.3, -0.25) is 9.58 Å². The van der Waals surface area contributed by atoms with Crippen LogP contribution in [-0.2, 0) is 24.4 Å². The van der Waals surface area contributed by atoms with Crippen LogP contribution < -0.4 is 0 Å². The fourth-order valence-electron chi connectivity index (χ4n) is 2.96. The minimum Gasteiger partial charge on any atom is -0.393 e. The van der Waals surface area contributed by atoms with Gasteiger partial charge in [-0.05, 0) is 18.1 Å². The van der Waals surface area contributed by atoms with E-state index in [1.165, 1.54) is 5.56 Å². The molecule has 1 aliphatic rings. The number of ether oxygens (including phenoxy) is 1. The lowest BCUT2D eigenvalue weighted by Gasteiger charge is -2.19. The Balaban J connectivity index is 1.49. The molecule has 0 saturated carbocycles. The Labute approximate surface area is 142 Å². The van der Waals surface area contributed by atoms with E-state index in [2.05, 4.69) is 22.1 Å². The molecule has 2 N–H and O–H groups in total. The number of aliphatic hydroxyl groups is 2. The SMILES string of the molecule is OCC(O)c1cc2n(n1)CCCN(CCOCc1ccccc1)C2. The molecule has 24 heavy (non-hydrogen) atoms. The summed E-state index contributed by atoms with van der Waals surface area (Å²) < 4.78 is 7.72. The third-order valence-corrected chi connectivity index (χ3v) is 4.29. The molecule has 0 bridgehead atoms. The van der Waals surface area contributed by atoms with Gasteiger partial charge in [-0.25, -0.2) is 0 Å². The Kier molecular flexibility index (Phi) is 5.98. The molecule has 0 saturated heterocycles. The molecule has 130 valence electrons. The number of benzene rings is 1. The molecule has 0 radical (unpaired) electrons. The van der Waals surface area contributed by atoms with Crippen molar-refractivity contribution in [1.82, 2.24) is 14.7 Å². The van der Waals surface area contributed by atoms with Gasteiger partial charge >= 0.3 is 0 Å². The van der Waals surface area contributed by atoms with E-state index in [1.54, 1.807) is 0 Å². The van der Waals surface area contributed by atoms with Crippen molar-refractivity contribution >= 4 is 0 Å². The number of nitrogens with zero attached hydrogens (tertiary/aromatic N) is 3. The largest absolute Gasteiger partial charge is 0.393 e. The van der Waals surface area contributed by atoms with E-state index in [1.807, 2.05) is 28.9 Å². The maximum absolute atomic E-state index is 9.74. The molecule has 2 aromatic rings. The number of aryl methyl sites for hydroxylation is 1. The van der Waals surface area contributed by atoms with Gasteiger partial charge in [0, 0.05) is 26.2 Å². The summed E-state index contributed by atoms with van der Waals surface area (Å²) in [4.78, 5) is 2.35. The number of aromatic nitrogens is 2.